The maximum absolute atomic E-state index is 12.8. The first kappa shape index (κ1) is 33.5. The smallest absolute Gasteiger partial charge is 0.410 e. The summed E-state index contributed by atoms with van der Waals surface area (Å²) in [6, 6.07) is 12.6. The van der Waals surface area contributed by atoms with Gasteiger partial charge >= 0.3 is 6.09 Å². The molecule has 2 amide bonds. The second-order valence-electron chi connectivity index (χ2n) is 12.2. The van der Waals surface area contributed by atoms with Gasteiger partial charge in [0.1, 0.15) is 53.4 Å². The van der Waals surface area contributed by atoms with Crippen molar-refractivity contribution in [1.29, 1.82) is 5.41 Å². The van der Waals surface area contributed by atoms with Gasteiger partial charge in [0.15, 0.2) is 0 Å². The first-order valence-electron chi connectivity index (χ1n) is 15.4. The zero-order chi connectivity index (χ0) is 34.3. The number of carbonyl (C=O) groups excluding carboxylic acids is 2. The number of ether oxygens (including phenoxy) is 3. The van der Waals surface area contributed by atoms with Crippen molar-refractivity contribution in [3.05, 3.63) is 66.0 Å². The van der Waals surface area contributed by atoms with Crippen molar-refractivity contribution in [2.75, 3.05) is 30.8 Å². The van der Waals surface area contributed by atoms with Gasteiger partial charge in [0.05, 0.1) is 17.7 Å². The number of nitrogens with one attached hydrogen (secondary N) is 4. The maximum Gasteiger partial charge on any atom is 0.410 e. The average Bonchev–Trinajstić information content (AvgIpc) is 3.86. The Bertz CT molecular complexity index is 1970. The van der Waals surface area contributed by atoms with Crippen LogP contribution in [0.15, 0.2) is 60.0 Å². The van der Waals surface area contributed by atoms with Crippen LogP contribution in [-0.4, -0.2) is 64.0 Å². The van der Waals surface area contributed by atoms with Crippen molar-refractivity contribution in [1.82, 2.24) is 19.9 Å². The van der Waals surface area contributed by atoms with E-state index in [4.69, 9.17) is 19.6 Å². The number of amides is 2. The number of fused-ring (bicyclic) bond motifs is 1. The van der Waals surface area contributed by atoms with Gasteiger partial charge < -0.3 is 34.7 Å². The number of nitrogens with zero attached hydrogens (tertiary/aromatic N) is 4. The van der Waals surface area contributed by atoms with Crippen molar-refractivity contribution >= 4 is 46.4 Å². The molecule has 48 heavy (non-hydrogen) atoms. The van der Waals surface area contributed by atoms with E-state index in [1.807, 2.05) is 25.1 Å². The molecule has 13 nitrogen and oxygen atoms in total. The summed E-state index contributed by atoms with van der Waals surface area (Å²) in [5, 5.41) is 14.0. The van der Waals surface area contributed by atoms with E-state index in [0.717, 1.165) is 30.4 Å². The molecule has 13 heteroatoms. The molecular weight excluding hydrogens is 612 g/mol. The van der Waals surface area contributed by atoms with E-state index in [1.165, 1.54) is 11.2 Å². The van der Waals surface area contributed by atoms with E-state index in [1.54, 1.807) is 58.3 Å². The van der Waals surface area contributed by atoms with E-state index in [0.29, 0.717) is 45.1 Å². The SMILES string of the molecule is Cc1cc(Nc2ncnc3cc(OCCN(C)C(=O)OC(C)(C)C)c(NC(=O)C#CC4CC4)cc23)ccc1Oc1cc[nH]/c(=N\C=N)c1. The quantitative estimate of drug-likeness (QED) is 0.0934. The molecule has 1 saturated carbocycles. The van der Waals surface area contributed by atoms with Crippen LogP contribution in [0.25, 0.3) is 10.9 Å². The molecule has 0 aliphatic heterocycles. The number of H-pyrrole nitrogens is 1. The lowest BCUT2D eigenvalue weighted by Gasteiger charge is -2.24. The van der Waals surface area contributed by atoms with E-state index in [-0.39, 0.29) is 19.1 Å². The van der Waals surface area contributed by atoms with Crippen LogP contribution in [0.3, 0.4) is 0 Å². The van der Waals surface area contributed by atoms with Crippen LogP contribution in [-0.2, 0) is 9.53 Å². The first-order valence-corrected chi connectivity index (χ1v) is 15.4. The summed E-state index contributed by atoms with van der Waals surface area (Å²) >= 11 is 0. The van der Waals surface area contributed by atoms with Crippen molar-refractivity contribution in [2.24, 2.45) is 10.9 Å². The summed E-state index contributed by atoms with van der Waals surface area (Å²) in [5.41, 5.74) is 2.48. The van der Waals surface area contributed by atoms with Crippen molar-refractivity contribution in [3.8, 4) is 29.1 Å². The number of hydrogen-bond acceptors (Lipinski definition) is 9. The minimum atomic E-state index is -0.617. The zero-order valence-electron chi connectivity index (χ0n) is 27.5. The van der Waals surface area contributed by atoms with Gasteiger partial charge in [-0.25, -0.2) is 19.8 Å². The summed E-state index contributed by atoms with van der Waals surface area (Å²) in [4.78, 5) is 42.4. The summed E-state index contributed by atoms with van der Waals surface area (Å²) in [6.45, 7) is 7.74. The minimum Gasteiger partial charge on any atom is -0.489 e. The van der Waals surface area contributed by atoms with Gasteiger partial charge in [0.2, 0.25) is 0 Å². The van der Waals surface area contributed by atoms with Gasteiger partial charge in [-0.3, -0.25) is 10.2 Å². The Kier molecular flexibility index (Phi) is 10.2. The molecule has 5 rings (SSSR count). The van der Waals surface area contributed by atoms with E-state index >= 15 is 0 Å². The first-order chi connectivity index (χ1) is 23.0. The second kappa shape index (κ2) is 14.7. The molecule has 1 fully saturated rings. The number of aryl methyl sites for hydroxylation is 1. The van der Waals surface area contributed by atoms with Crippen LogP contribution in [0.4, 0.5) is 22.0 Å². The topological polar surface area (TPSA) is 167 Å². The molecule has 2 aromatic heterocycles. The number of rotatable bonds is 10. The summed E-state index contributed by atoms with van der Waals surface area (Å²) < 4.78 is 17.5. The van der Waals surface area contributed by atoms with Gasteiger partial charge in [0, 0.05) is 42.4 Å². The molecule has 0 bridgehead atoms. The zero-order valence-corrected chi connectivity index (χ0v) is 27.5. The highest BCUT2D eigenvalue weighted by molar-refractivity contribution is 6.06. The number of benzene rings is 2. The van der Waals surface area contributed by atoms with E-state index in [9.17, 15) is 9.59 Å². The summed E-state index contributed by atoms with van der Waals surface area (Å²) in [5.74, 6) is 7.57. The molecule has 248 valence electrons. The molecule has 4 N–H and O–H groups in total. The second-order valence-corrected chi connectivity index (χ2v) is 12.2. The predicted molar refractivity (Wildman–Crippen MR) is 183 cm³/mol. The maximum atomic E-state index is 12.8. The Morgan fingerprint density at radius 3 is 2.69 bits per heavy atom. The lowest BCUT2D eigenvalue weighted by atomic mass is 10.1. The molecule has 0 spiro atoms. The van der Waals surface area contributed by atoms with E-state index < -0.39 is 17.6 Å². The molecule has 2 heterocycles. The fourth-order valence-corrected chi connectivity index (χ4v) is 4.42. The average molecular weight is 651 g/mol. The van der Waals surface area contributed by atoms with Crippen LogP contribution in [0.2, 0.25) is 0 Å². The van der Waals surface area contributed by atoms with Crippen molar-refractivity contribution in [2.45, 2.75) is 46.1 Å². The number of aromatic nitrogens is 3. The normalized spacial score (nSPS) is 12.8. The lowest BCUT2D eigenvalue weighted by molar-refractivity contribution is -0.111. The molecule has 0 atom stereocenters. The molecule has 1 aliphatic rings. The fourth-order valence-electron chi connectivity index (χ4n) is 4.42. The number of likely N-dealkylation sites (N-methyl/N-ethyl adjacent to an activating group) is 1. The van der Waals surface area contributed by atoms with Gasteiger partial charge in [-0.05, 0) is 82.4 Å². The highest BCUT2D eigenvalue weighted by atomic mass is 16.6. The number of hydrogen-bond donors (Lipinski definition) is 4. The van der Waals surface area contributed by atoms with Gasteiger partial charge in [-0.15, -0.1) is 0 Å². The number of carbonyl (C=O) groups is 2. The third-order valence-corrected chi connectivity index (χ3v) is 6.97. The molecule has 0 unspecified atom stereocenters. The Balaban J connectivity index is 1.37. The number of anilines is 3. The Hall–Kier alpha value is -5.90. The largest absolute Gasteiger partial charge is 0.489 e. The van der Waals surface area contributed by atoms with Gasteiger partial charge in [-0.1, -0.05) is 5.92 Å². The molecule has 1 aliphatic carbocycles. The van der Waals surface area contributed by atoms with Crippen LogP contribution >= 0.6 is 0 Å². The molecule has 0 radical (unpaired) electrons. The minimum absolute atomic E-state index is 0.141. The third-order valence-electron chi connectivity index (χ3n) is 6.97. The van der Waals surface area contributed by atoms with Crippen molar-refractivity contribution < 1.29 is 23.8 Å². The molecule has 0 saturated heterocycles. The van der Waals surface area contributed by atoms with Crippen LogP contribution in [0.1, 0.15) is 39.2 Å². The fraction of sp³-hybridized carbons (Fsp3) is 0.314. The van der Waals surface area contributed by atoms with Gasteiger partial charge in [0.25, 0.3) is 5.91 Å². The Labute approximate surface area is 278 Å². The lowest BCUT2D eigenvalue weighted by Crippen LogP contribution is -2.36. The van der Waals surface area contributed by atoms with E-state index in [2.05, 4.69) is 42.4 Å². The standard InChI is InChI=1S/C35H38N8O5/c1-22-16-24(9-10-29(22)47-25-12-13-37-31(17-25)38-20-36)41-33-26-18-28(42-32(44)11-8-23-6-7-23)30(19-27(26)39-21-40-33)46-15-14-43(5)34(45)48-35(2,3)4/h9-10,12-13,16-21,23H,6-7,14-15H2,1-5H3,(H,42,44)(H2,36,37,38)(H,39,40,41). The predicted octanol–water partition coefficient (Wildman–Crippen LogP) is 5.91. The Morgan fingerprint density at radius 2 is 1.96 bits per heavy atom. The van der Waals surface area contributed by atoms with Crippen molar-refractivity contribution in [3.63, 3.8) is 0 Å². The van der Waals surface area contributed by atoms with Gasteiger partial charge in [-0.2, -0.15) is 0 Å². The van der Waals surface area contributed by atoms with Crippen LogP contribution in [0.5, 0.6) is 17.2 Å². The molecule has 4 aromatic rings. The summed E-state index contributed by atoms with van der Waals surface area (Å²) in [7, 11) is 1.63. The van der Waals surface area contributed by atoms with Crippen LogP contribution in [0, 0.1) is 30.1 Å². The number of aromatic amines is 1. The molecular formula is C35H38N8O5. The highest BCUT2D eigenvalue weighted by Gasteiger charge is 2.21. The monoisotopic (exact) mass is 650 g/mol. The third kappa shape index (κ3) is 9.32. The Morgan fingerprint density at radius 1 is 1.15 bits per heavy atom. The summed E-state index contributed by atoms with van der Waals surface area (Å²) in [6.07, 6.45) is 5.64. The van der Waals surface area contributed by atoms with Crippen LogP contribution < -0.4 is 25.6 Å². The highest BCUT2D eigenvalue weighted by Crippen LogP contribution is 2.35. The molecule has 2 aromatic carbocycles. The number of pyridine rings is 1.